The number of nitrogens with one attached hydrogen (secondary N) is 2. The van der Waals surface area contributed by atoms with Crippen LogP contribution in [0.1, 0.15) is 68.9 Å². The summed E-state index contributed by atoms with van der Waals surface area (Å²) in [4.78, 5) is 38.7. The Kier molecular flexibility index (Phi) is 11.4. The van der Waals surface area contributed by atoms with Gasteiger partial charge in [-0.2, -0.15) is 0 Å². The molecule has 2 aliphatic rings. The van der Waals surface area contributed by atoms with Crippen molar-refractivity contribution >= 4 is 17.8 Å². The van der Waals surface area contributed by atoms with Crippen LogP contribution in [0.3, 0.4) is 0 Å². The molecule has 0 radical (unpaired) electrons. The quantitative estimate of drug-likeness (QED) is 0.309. The van der Waals surface area contributed by atoms with E-state index < -0.39 is 17.5 Å². The number of aliphatic hydroxyl groups excluding tert-OH is 1. The predicted molar refractivity (Wildman–Crippen MR) is 156 cm³/mol. The van der Waals surface area contributed by atoms with E-state index in [4.69, 9.17) is 9.47 Å². The Morgan fingerprint density at radius 1 is 1.00 bits per heavy atom. The van der Waals surface area contributed by atoms with Crippen LogP contribution in [0.4, 0.5) is 0 Å². The van der Waals surface area contributed by atoms with Crippen molar-refractivity contribution in [2.75, 3.05) is 13.2 Å². The summed E-state index contributed by atoms with van der Waals surface area (Å²) >= 11 is 0. The fourth-order valence-corrected chi connectivity index (χ4v) is 5.45. The minimum absolute atomic E-state index is 0.0257. The molecule has 2 aromatic carbocycles. The smallest absolute Gasteiger partial charge is 0.305 e. The monoisotopic (exact) mass is 562 g/mol. The molecule has 2 aromatic rings. The summed E-state index contributed by atoms with van der Waals surface area (Å²) in [6.45, 7) is 0.424. The molecule has 1 aliphatic carbocycles. The Hall–Kier alpha value is -3.65. The van der Waals surface area contributed by atoms with Crippen LogP contribution < -0.4 is 15.4 Å². The summed E-state index contributed by atoms with van der Waals surface area (Å²) in [6.07, 6.45) is 9.87. The third kappa shape index (κ3) is 9.74. The van der Waals surface area contributed by atoms with Gasteiger partial charge in [0.25, 0.3) is 0 Å². The highest BCUT2D eigenvalue weighted by Gasteiger charge is 2.35. The van der Waals surface area contributed by atoms with Crippen LogP contribution in [0.5, 0.6) is 5.75 Å². The van der Waals surface area contributed by atoms with E-state index >= 15 is 0 Å². The van der Waals surface area contributed by atoms with Crippen molar-refractivity contribution in [3.8, 4) is 5.75 Å². The number of amides is 2. The first kappa shape index (κ1) is 30.3. The third-order valence-corrected chi connectivity index (χ3v) is 7.86. The van der Waals surface area contributed by atoms with Gasteiger partial charge in [-0.3, -0.25) is 14.4 Å². The minimum Gasteiger partial charge on any atom is -0.489 e. The largest absolute Gasteiger partial charge is 0.489 e. The van der Waals surface area contributed by atoms with E-state index in [1.807, 2.05) is 66.7 Å². The van der Waals surface area contributed by atoms with Crippen molar-refractivity contribution in [3.05, 3.63) is 77.9 Å². The Morgan fingerprint density at radius 3 is 2.49 bits per heavy atom. The van der Waals surface area contributed by atoms with Crippen LogP contribution in [-0.4, -0.2) is 47.7 Å². The highest BCUT2D eigenvalue weighted by Crippen LogP contribution is 2.29. The maximum atomic E-state index is 13.5. The van der Waals surface area contributed by atoms with Crippen LogP contribution in [0.25, 0.3) is 0 Å². The molecule has 1 aliphatic heterocycles. The first-order valence-corrected chi connectivity index (χ1v) is 14.7. The molecule has 3 N–H and O–H groups in total. The van der Waals surface area contributed by atoms with E-state index in [9.17, 15) is 19.5 Å². The van der Waals surface area contributed by atoms with Gasteiger partial charge in [0.05, 0.1) is 24.1 Å². The zero-order valence-electron chi connectivity index (χ0n) is 23.7. The van der Waals surface area contributed by atoms with Gasteiger partial charge in [-0.05, 0) is 61.8 Å². The lowest BCUT2D eigenvalue weighted by Crippen LogP contribution is -2.50. The first-order chi connectivity index (χ1) is 19.9. The second-order valence-electron chi connectivity index (χ2n) is 11.2. The molecule has 0 saturated heterocycles. The maximum absolute atomic E-state index is 13.5. The predicted octanol–water partition coefficient (Wildman–Crippen LogP) is 4.39. The Balaban J connectivity index is 1.40. The molecule has 0 aromatic heterocycles. The van der Waals surface area contributed by atoms with Gasteiger partial charge in [-0.15, -0.1) is 0 Å². The topological polar surface area (TPSA) is 114 Å². The number of esters is 1. The second-order valence-corrected chi connectivity index (χ2v) is 11.2. The summed E-state index contributed by atoms with van der Waals surface area (Å²) in [7, 11) is 0. The van der Waals surface area contributed by atoms with Crippen LogP contribution in [0, 0.1) is 5.92 Å². The number of carbonyl (C=O) groups is 3. The molecular weight excluding hydrogens is 520 g/mol. The van der Waals surface area contributed by atoms with E-state index in [1.165, 1.54) is 0 Å². The number of carbonyl (C=O) groups excluding carboxylic acids is 3. The van der Waals surface area contributed by atoms with E-state index in [1.54, 1.807) is 0 Å². The molecule has 1 fully saturated rings. The third-order valence-electron chi connectivity index (χ3n) is 7.86. The first-order valence-electron chi connectivity index (χ1n) is 14.7. The SMILES string of the molecule is O=C(CC1CC=CCCCC(=O)OCC(Cc2ccc(OCc3ccccc3)cc2)NC1=O)NC1(CO)CCCC1. The minimum atomic E-state index is -0.583. The molecule has 8 nitrogen and oxygen atoms in total. The molecule has 2 atom stereocenters. The summed E-state index contributed by atoms with van der Waals surface area (Å²) < 4.78 is 11.4. The lowest BCUT2D eigenvalue weighted by Gasteiger charge is -2.29. The lowest BCUT2D eigenvalue weighted by molar-refractivity contribution is -0.145. The maximum Gasteiger partial charge on any atom is 0.305 e. The number of rotatable bonds is 9. The fraction of sp³-hybridized carbons (Fsp3) is 0.485. The molecular formula is C33H42N2O6. The number of hydrogen-bond donors (Lipinski definition) is 3. The number of hydrogen-bond acceptors (Lipinski definition) is 6. The van der Waals surface area contributed by atoms with Gasteiger partial charge in [0, 0.05) is 12.8 Å². The zero-order chi connectivity index (χ0) is 28.9. The summed E-state index contributed by atoms with van der Waals surface area (Å²) in [5.41, 5.74) is 1.46. The van der Waals surface area contributed by atoms with Crippen molar-refractivity contribution in [2.45, 2.75) is 82.4 Å². The summed E-state index contributed by atoms with van der Waals surface area (Å²) in [6, 6.07) is 17.2. The number of benzene rings is 2. The number of cyclic esters (lactones) is 1. The number of ether oxygens (including phenoxy) is 2. The van der Waals surface area contributed by atoms with E-state index in [2.05, 4.69) is 10.6 Å². The molecule has 220 valence electrons. The van der Waals surface area contributed by atoms with Crippen molar-refractivity contribution in [1.82, 2.24) is 10.6 Å². The highest BCUT2D eigenvalue weighted by atomic mass is 16.5. The lowest BCUT2D eigenvalue weighted by atomic mass is 9.95. The van der Waals surface area contributed by atoms with Gasteiger partial charge in [0.1, 0.15) is 19.0 Å². The Bertz CT molecular complexity index is 1160. The van der Waals surface area contributed by atoms with Crippen LogP contribution in [0.15, 0.2) is 66.7 Å². The Morgan fingerprint density at radius 2 is 1.76 bits per heavy atom. The number of allylic oxidation sites excluding steroid dienone is 2. The van der Waals surface area contributed by atoms with Crippen LogP contribution >= 0.6 is 0 Å². The molecule has 1 saturated carbocycles. The van der Waals surface area contributed by atoms with Gasteiger partial charge in [-0.1, -0.05) is 67.5 Å². The van der Waals surface area contributed by atoms with E-state index in [-0.39, 0.29) is 37.4 Å². The summed E-state index contributed by atoms with van der Waals surface area (Å²) in [5.74, 6) is -0.603. The van der Waals surface area contributed by atoms with Crippen molar-refractivity contribution in [1.29, 1.82) is 0 Å². The summed E-state index contributed by atoms with van der Waals surface area (Å²) in [5, 5.41) is 16.0. The van der Waals surface area contributed by atoms with Gasteiger partial charge in [0.15, 0.2) is 0 Å². The molecule has 1 heterocycles. The van der Waals surface area contributed by atoms with E-state index in [0.29, 0.717) is 38.7 Å². The fourth-order valence-electron chi connectivity index (χ4n) is 5.45. The highest BCUT2D eigenvalue weighted by molar-refractivity contribution is 5.86. The van der Waals surface area contributed by atoms with Gasteiger partial charge >= 0.3 is 5.97 Å². The van der Waals surface area contributed by atoms with Crippen molar-refractivity contribution in [3.63, 3.8) is 0 Å². The molecule has 2 unspecified atom stereocenters. The normalized spacial score (nSPS) is 21.5. The standard InChI is InChI=1S/C33H42N2O6/c36-24-33(18-8-9-19-33)35-30(37)21-27-12-6-1-2-7-13-31(38)41-23-28(34-32(27)39)20-25-14-16-29(17-15-25)40-22-26-10-4-3-5-11-26/h1,3-6,10-11,14-17,27-28,36H,2,7-9,12-13,18-24H2,(H,34,39)(H,35,37). The molecule has 41 heavy (non-hydrogen) atoms. The van der Waals surface area contributed by atoms with Gasteiger partial charge in [0.2, 0.25) is 11.8 Å². The van der Waals surface area contributed by atoms with Crippen molar-refractivity contribution in [2.24, 2.45) is 5.92 Å². The second kappa shape index (κ2) is 15.4. The molecule has 0 bridgehead atoms. The van der Waals surface area contributed by atoms with Gasteiger partial charge in [-0.25, -0.2) is 0 Å². The molecule has 4 rings (SSSR count). The molecule has 8 heteroatoms. The average Bonchev–Trinajstić information content (AvgIpc) is 3.45. The van der Waals surface area contributed by atoms with Crippen LogP contribution in [-0.2, 0) is 32.1 Å². The average molecular weight is 563 g/mol. The zero-order valence-corrected chi connectivity index (χ0v) is 23.7. The molecule has 2 amide bonds. The van der Waals surface area contributed by atoms with Crippen molar-refractivity contribution < 1.29 is 29.0 Å². The Labute approximate surface area is 242 Å². The van der Waals surface area contributed by atoms with E-state index in [0.717, 1.165) is 42.6 Å². The number of aliphatic hydroxyl groups is 1. The molecule has 0 spiro atoms. The van der Waals surface area contributed by atoms with Crippen LogP contribution in [0.2, 0.25) is 0 Å². The van der Waals surface area contributed by atoms with Gasteiger partial charge < -0.3 is 25.2 Å².